The number of fused-ring (bicyclic) bond motifs is 1. The minimum atomic E-state index is -0.530. The van der Waals surface area contributed by atoms with Crippen LogP contribution in [0.25, 0.3) is 0 Å². The Morgan fingerprint density at radius 3 is 2.78 bits per heavy atom. The quantitative estimate of drug-likeness (QED) is 0.594. The van der Waals surface area contributed by atoms with Crippen LogP contribution in [0.5, 0.6) is 0 Å². The molecule has 1 amide bonds. The monoisotopic (exact) mass is 334 g/mol. The molecule has 3 rings (SSSR count). The maximum atomic E-state index is 13.5. The summed E-state index contributed by atoms with van der Waals surface area (Å²) < 4.78 is 13.5. The third-order valence-corrected chi connectivity index (χ3v) is 4.36. The number of anilines is 1. The van der Waals surface area contributed by atoms with Gasteiger partial charge in [0.05, 0.1) is 5.02 Å². The minimum Gasteiger partial charge on any atom is -0.382 e. The highest BCUT2D eigenvalue weighted by atomic mass is 35.5. The Morgan fingerprint density at radius 2 is 2.09 bits per heavy atom. The molecule has 0 bridgehead atoms. The molecule has 0 aliphatic carbocycles. The number of hydrogen-bond acceptors (Lipinski definition) is 3. The van der Waals surface area contributed by atoms with Gasteiger partial charge in [-0.15, -0.1) is 0 Å². The van der Waals surface area contributed by atoms with E-state index in [4.69, 9.17) is 16.8 Å². The fourth-order valence-corrected chi connectivity index (χ4v) is 3.01. The molecule has 6 heteroatoms. The fourth-order valence-electron chi connectivity index (χ4n) is 2.85. The number of benzene rings is 2. The Balaban J connectivity index is 1.70. The smallest absolute Gasteiger partial charge is 0.274 e. The number of rotatable bonds is 3. The normalized spacial score (nSPS) is 16.4. The number of hydrogen-bond donors (Lipinski definition) is 3. The Kier molecular flexibility index (Phi) is 4.50. The summed E-state index contributed by atoms with van der Waals surface area (Å²) in [6.45, 7) is 0. The zero-order valence-electron chi connectivity index (χ0n) is 12.3. The Morgan fingerprint density at radius 1 is 1.35 bits per heavy atom. The van der Waals surface area contributed by atoms with Gasteiger partial charge in [-0.3, -0.25) is 10.0 Å². The first-order chi connectivity index (χ1) is 11.1. The second kappa shape index (κ2) is 6.56. The van der Waals surface area contributed by atoms with Crippen LogP contribution in [-0.4, -0.2) is 17.2 Å². The molecular weight excluding hydrogens is 319 g/mol. The van der Waals surface area contributed by atoms with Crippen LogP contribution in [0, 0.1) is 5.82 Å². The van der Waals surface area contributed by atoms with E-state index in [0.717, 1.165) is 36.1 Å². The highest BCUT2D eigenvalue weighted by molar-refractivity contribution is 6.31. The number of nitrogens with one attached hydrogen (secondary N) is 2. The lowest BCUT2D eigenvalue weighted by Crippen LogP contribution is -2.27. The van der Waals surface area contributed by atoms with Crippen LogP contribution < -0.4 is 10.8 Å². The number of halogens is 2. The highest BCUT2D eigenvalue weighted by Gasteiger charge is 2.20. The van der Waals surface area contributed by atoms with E-state index in [2.05, 4.69) is 5.32 Å². The van der Waals surface area contributed by atoms with Crippen LogP contribution in [0.1, 0.15) is 27.9 Å². The first kappa shape index (κ1) is 15.8. The molecule has 0 saturated carbocycles. The van der Waals surface area contributed by atoms with Gasteiger partial charge < -0.3 is 5.32 Å². The van der Waals surface area contributed by atoms with Crippen molar-refractivity contribution in [3.63, 3.8) is 0 Å². The summed E-state index contributed by atoms with van der Waals surface area (Å²) in [6, 6.07) is 10.4. The molecule has 0 spiro atoms. The van der Waals surface area contributed by atoms with Gasteiger partial charge in [-0.2, -0.15) is 0 Å². The van der Waals surface area contributed by atoms with Crippen molar-refractivity contribution in [2.75, 3.05) is 5.32 Å². The van der Waals surface area contributed by atoms with Gasteiger partial charge in [0.2, 0.25) is 0 Å². The van der Waals surface area contributed by atoms with Gasteiger partial charge in [-0.25, -0.2) is 9.87 Å². The Bertz CT molecular complexity index is 734. The van der Waals surface area contributed by atoms with E-state index in [-0.39, 0.29) is 16.9 Å². The summed E-state index contributed by atoms with van der Waals surface area (Å²) in [5.74, 6) is -0.915. The highest BCUT2D eigenvalue weighted by Crippen LogP contribution is 2.30. The number of carbonyl (C=O) groups is 1. The Hall–Kier alpha value is -2.11. The molecule has 0 saturated heterocycles. The van der Waals surface area contributed by atoms with E-state index in [1.54, 1.807) is 23.7 Å². The second-order valence-corrected chi connectivity index (χ2v) is 6.05. The molecule has 3 N–H and O–H groups in total. The number of amides is 1. The van der Waals surface area contributed by atoms with E-state index in [1.165, 1.54) is 6.07 Å². The fraction of sp³-hybridized carbons (Fsp3) is 0.235. The molecule has 2 aromatic rings. The minimum absolute atomic E-state index is 0.122. The molecule has 1 aliphatic rings. The molecule has 1 unspecified atom stereocenters. The lowest BCUT2D eigenvalue weighted by atomic mass is 9.93. The third-order valence-electron chi connectivity index (χ3n) is 4.07. The van der Waals surface area contributed by atoms with Crippen molar-refractivity contribution in [3.05, 3.63) is 63.9 Å². The maximum absolute atomic E-state index is 13.5. The van der Waals surface area contributed by atoms with Crippen LogP contribution in [-0.2, 0) is 12.8 Å². The Labute approximate surface area is 138 Å². The first-order valence-corrected chi connectivity index (χ1v) is 7.72. The molecule has 120 valence electrons. The molecule has 2 aromatic carbocycles. The standard InChI is InChI=1S/C17H16ClFN2O2/c18-14-9-16-12(8-15(14)19)5-6-13(20-16)7-10-1-3-11(4-2-10)17(22)21-23/h1-4,8-9,13,20,23H,5-7H2,(H,21,22). The number of aryl methyl sites for hydroxylation is 1. The predicted octanol–water partition coefficient (Wildman–Crippen LogP) is 3.57. The van der Waals surface area contributed by atoms with E-state index >= 15 is 0 Å². The van der Waals surface area contributed by atoms with Crippen molar-refractivity contribution in [3.8, 4) is 0 Å². The van der Waals surface area contributed by atoms with Gasteiger partial charge in [0.15, 0.2) is 0 Å². The molecule has 0 fully saturated rings. The summed E-state index contributed by atoms with van der Waals surface area (Å²) >= 11 is 5.84. The van der Waals surface area contributed by atoms with Crippen molar-refractivity contribution >= 4 is 23.2 Å². The van der Waals surface area contributed by atoms with Crippen LogP contribution in [0.2, 0.25) is 5.02 Å². The molecule has 1 heterocycles. The van der Waals surface area contributed by atoms with Gasteiger partial charge in [0, 0.05) is 17.3 Å². The third kappa shape index (κ3) is 3.46. The molecule has 4 nitrogen and oxygen atoms in total. The summed E-state index contributed by atoms with van der Waals surface area (Å²) in [7, 11) is 0. The summed E-state index contributed by atoms with van der Waals surface area (Å²) in [5, 5.41) is 12.1. The van der Waals surface area contributed by atoms with Gasteiger partial charge in [-0.1, -0.05) is 23.7 Å². The van der Waals surface area contributed by atoms with Gasteiger partial charge in [0.25, 0.3) is 5.91 Å². The summed E-state index contributed by atoms with van der Waals surface area (Å²) in [6.07, 6.45) is 2.48. The van der Waals surface area contributed by atoms with Gasteiger partial charge in [0.1, 0.15) is 5.82 Å². The molecule has 1 aliphatic heterocycles. The lowest BCUT2D eigenvalue weighted by molar-refractivity contribution is 0.0706. The lowest BCUT2D eigenvalue weighted by Gasteiger charge is -2.27. The van der Waals surface area contributed by atoms with Crippen LogP contribution in [0.15, 0.2) is 36.4 Å². The van der Waals surface area contributed by atoms with Crippen molar-refractivity contribution in [1.82, 2.24) is 5.48 Å². The van der Waals surface area contributed by atoms with Crippen LogP contribution in [0.4, 0.5) is 10.1 Å². The van der Waals surface area contributed by atoms with E-state index in [0.29, 0.717) is 5.56 Å². The van der Waals surface area contributed by atoms with Crippen molar-refractivity contribution in [2.45, 2.75) is 25.3 Å². The van der Waals surface area contributed by atoms with E-state index in [9.17, 15) is 9.18 Å². The van der Waals surface area contributed by atoms with Gasteiger partial charge >= 0.3 is 0 Å². The summed E-state index contributed by atoms with van der Waals surface area (Å²) in [5.41, 5.74) is 4.91. The van der Waals surface area contributed by atoms with Crippen LogP contribution in [0.3, 0.4) is 0 Å². The molecular formula is C17H16ClFN2O2. The zero-order valence-corrected chi connectivity index (χ0v) is 13.0. The van der Waals surface area contributed by atoms with E-state index in [1.807, 2.05) is 12.1 Å². The van der Waals surface area contributed by atoms with Gasteiger partial charge in [-0.05, 0) is 54.7 Å². The average molecular weight is 335 g/mol. The topological polar surface area (TPSA) is 61.4 Å². The average Bonchev–Trinajstić information content (AvgIpc) is 2.56. The first-order valence-electron chi connectivity index (χ1n) is 7.34. The van der Waals surface area contributed by atoms with Crippen molar-refractivity contribution in [2.24, 2.45) is 0 Å². The zero-order chi connectivity index (χ0) is 16.4. The van der Waals surface area contributed by atoms with E-state index < -0.39 is 5.91 Å². The number of hydroxylamine groups is 1. The van der Waals surface area contributed by atoms with Crippen molar-refractivity contribution < 1.29 is 14.4 Å². The second-order valence-electron chi connectivity index (χ2n) is 5.65. The molecule has 23 heavy (non-hydrogen) atoms. The molecule has 0 aromatic heterocycles. The molecule has 0 radical (unpaired) electrons. The predicted molar refractivity (Wildman–Crippen MR) is 86.5 cm³/mol. The SMILES string of the molecule is O=C(NO)c1ccc(CC2CCc3cc(F)c(Cl)cc3N2)cc1. The van der Waals surface area contributed by atoms with Crippen LogP contribution >= 0.6 is 11.6 Å². The maximum Gasteiger partial charge on any atom is 0.274 e. The largest absolute Gasteiger partial charge is 0.382 e. The number of carbonyl (C=O) groups excluding carboxylic acids is 1. The molecule has 1 atom stereocenters. The summed E-state index contributed by atoms with van der Waals surface area (Å²) in [4.78, 5) is 11.3. The van der Waals surface area contributed by atoms with Crippen molar-refractivity contribution in [1.29, 1.82) is 0 Å².